The van der Waals surface area contributed by atoms with Crippen LogP contribution in [0.15, 0.2) is 0 Å². The molecule has 0 radical (unpaired) electrons. The van der Waals surface area contributed by atoms with Crippen molar-refractivity contribution in [3.63, 3.8) is 0 Å². The first kappa shape index (κ1) is 15.4. The normalized spacial score (nSPS) is 16.9. The molecule has 1 aliphatic carbocycles. The Hall–Kier alpha value is -0.660. The smallest absolute Gasteiger partial charge is 0.321 e. The Labute approximate surface area is 109 Å². The lowest BCUT2D eigenvalue weighted by Gasteiger charge is -2.27. The molecule has 0 unspecified atom stereocenters. The van der Waals surface area contributed by atoms with Crippen LogP contribution in [-0.4, -0.2) is 43.4 Å². The van der Waals surface area contributed by atoms with Gasteiger partial charge in [0.1, 0.15) is 6.54 Å². The summed E-state index contributed by atoms with van der Waals surface area (Å²) in [4.78, 5) is 11.4. The third-order valence-corrected chi connectivity index (χ3v) is 4.20. The minimum Gasteiger partial charge on any atom is -0.465 e. The maximum Gasteiger partial charge on any atom is 0.321 e. The van der Waals surface area contributed by atoms with Crippen molar-refractivity contribution in [1.29, 1.82) is 0 Å². The molecular formula is C11H22N2O4S. The molecule has 0 aliphatic heterocycles. The number of carbonyl (C=O) groups is 1. The van der Waals surface area contributed by atoms with E-state index in [1.165, 1.54) is 4.31 Å². The van der Waals surface area contributed by atoms with Gasteiger partial charge in [0.05, 0.1) is 6.61 Å². The molecule has 0 spiro atoms. The van der Waals surface area contributed by atoms with Gasteiger partial charge in [0, 0.05) is 11.6 Å². The van der Waals surface area contributed by atoms with Gasteiger partial charge in [0.25, 0.3) is 10.2 Å². The first-order valence-corrected chi connectivity index (χ1v) is 7.56. The third-order valence-electron chi connectivity index (χ3n) is 2.29. The quantitative estimate of drug-likeness (QED) is 0.724. The average Bonchev–Trinajstić information content (AvgIpc) is 2.93. The van der Waals surface area contributed by atoms with Gasteiger partial charge in [-0.15, -0.1) is 0 Å². The summed E-state index contributed by atoms with van der Waals surface area (Å²) >= 11 is 0. The van der Waals surface area contributed by atoms with Gasteiger partial charge in [-0.05, 0) is 40.5 Å². The maximum atomic E-state index is 12.2. The van der Waals surface area contributed by atoms with Crippen LogP contribution in [0.4, 0.5) is 0 Å². The van der Waals surface area contributed by atoms with Gasteiger partial charge in [0.15, 0.2) is 0 Å². The molecule has 0 aromatic rings. The molecule has 0 aromatic heterocycles. The summed E-state index contributed by atoms with van der Waals surface area (Å²) < 4.78 is 32.9. The minimum atomic E-state index is -3.65. The van der Waals surface area contributed by atoms with Crippen LogP contribution in [0.25, 0.3) is 0 Å². The molecule has 106 valence electrons. The van der Waals surface area contributed by atoms with Crippen LogP contribution in [0.2, 0.25) is 0 Å². The molecule has 0 heterocycles. The van der Waals surface area contributed by atoms with E-state index in [-0.39, 0.29) is 19.2 Å². The van der Waals surface area contributed by atoms with Crippen molar-refractivity contribution in [2.45, 2.75) is 52.1 Å². The molecule has 6 nitrogen and oxygen atoms in total. The molecule has 0 aromatic carbocycles. The molecule has 1 rings (SSSR count). The van der Waals surface area contributed by atoms with Crippen molar-refractivity contribution < 1.29 is 17.9 Å². The Morgan fingerprint density at radius 2 is 1.94 bits per heavy atom. The predicted octanol–water partition coefficient (Wildman–Crippen LogP) is 0.647. The van der Waals surface area contributed by atoms with Crippen molar-refractivity contribution >= 4 is 16.2 Å². The summed E-state index contributed by atoms with van der Waals surface area (Å²) in [5, 5.41) is 0. The fourth-order valence-electron chi connectivity index (χ4n) is 1.55. The summed E-state index contributed by atoms with van der Waals surface area (Å²) in [6, 6.07) is -0.0748. The largest absolute Gasteiger partial charge is 0.465 e. The highest BCUT2D eigenvalue weighted by Gasteiger charge is 2.40. The maximum absolute atomic E-state index is 12.2. The topological polar surface area (TPSA) is 75.7 Å². The number of hydrogen-bond donors (Lipinski definition) is 1. The zero-order valence-corrected chi connectivity index (χ0v) is 12.2. The van der Waals surface area contributed by atoms with E-state index < -0.39 is 21.7 Å². The molecule has 1 N–H and O–H groups in total. The Kier molecular flexibility index (Phi) is 4.74. The number of ether oxygens (including phenoxy) is 1. The number of nitrogens with zero attached hydrogens (tertiary/aromatic N) is 1. The Bertz CT molecular complexity index is 396. The molecular weight excluding hydrogens is 256 g/mol. The van der Waals surface area contributed by atoms with Gasteiger partial charge in [-0.1, -0.05) is 0 Å². The lowest BCUT2D eigenvalue weighted by Crippen LogP contribution is -2.51. The highest BCUT2D eigenvalue weighted by molar-refractivity contribution is 7.87. The zero-order valence-electron chi connectivity index (χ0n) is 11.4. The number of hydrogen-bond acceptors (Lipinski definition) is 4. The molecule has 1 saturated carbocycles. The van der Waals surface area contributed by atoms with Crippen LogP contribution >= 0.6 is 0 Å². The second-order valence-electron chi connectivity index (χ2n) is 5.44. The van der Waals surface area contributed by atoms with Crippen molar-refractivity contribution in [2.24, 2.45) is 0 Å². The first-order chi connectivity index (χ1) is 8.15. The van der Waals surface area contributed by atoms with E-state index in [2.05, 4.69) is 4.72 Å². The van der Waals surface area contributed by atoms with Crippen LogP contribution in [0.3, 0.4) is 0 Å². The highest BCUT2D eigenvalue weighted by Crippen LogP contribution is 2.29. The van der Waals surface area contributed by atoms with Crippen LogP contribution in [0, 0.1) is 0 Å². The summed E-state index contributed by atoms with van der Waals surface area (Å²) in [6.45, 7) is 7.02. The van der Waals surface area contributed by atoms with E-state index in [9.17, 15) is 13.2 Å². The first-order valence-electron chi connectivity index (χ1n) is 6.12. The molecule has 1 fully saturated rings. The second-order valence-corrected chi connectivity index (χ2v) is 7.06. The third kappa shape index (κ3) is 4.91. The van der Waals surface area contributed by atoms with Gasteiger partial charge >= 0.3 is 5.97 Å². The van der Waals surface area contributed by atoms with E-state index in [4.69, 9.17) is 4.74 Å². The van der Waals surface area contributed by atoms with E-state index >= 15 is 0 Å². The number of rotatable bonds is 6. The number of carbonyl (C=O) groups excluding carboxylic acids is 1. The summed E-state index contributed by atoms with van der Waals surface area (Å²) in [5.74, 6) is -0.510. The molecule has 0 bridgehead atoms. The predicted molar refractivity (Wildman–Crippen MR) is 68.2 cm³/mol. The molecule has 1 aliphatic rings. The van der Waals surface area contributed by atoms with E-state index in [1.807, 2.05) is 0 Å². The van der Waals surface area contributed by atoms with Gasteiger partial charge in [-0.25, -0.2) is 0 Å². The lowest BCUT2D eigenvalue weighted by atomic mass is 10.1. The Balaban J connectivity index is 2.75. The van der Waals surface area contributed by atoms with E-state index in [1.54, 1.807) is 27.7 Å². The summed E-state index contributed by atoms with van der Waals surface area (Å²) in [6.07, 6.45) is 1.59. The Morgan fingerprint density at radius 3 is 2.33 bits per heavy atom. The average molecular weight is 278 g/mol. The standard InChI is InChI=1S/C11H22N2O4S/c1-5-17-10(14)8-13(9-6-7-9)18(15,16)12-11(2,3)4/h9,12H,5-8H2,1-4H3. The van der Waals surface area contributed by atoms with Crippen LogP contribution < -0.4 is 4.72 Å². The van der Waals surface area contributed by atoms with Crippen LogP contribution in [-0.2, 0) is 19.7 Å². The monoisotopic (exact) mass is 278 g/mol. The van der Waals surface area contributed by atoms with Crippen molar-refractivity contribution in [3.05, 3.63) is 0 Å². The highest BCUT2D eigenvalue weighted by atomic mass is 32.2. The van der Waals surface area contributed by atoms with E-state index in [0.29, 0.717) is 0 Å². The zero-order chi connectivity index (χ0) is 14.0. The molecule has 0 atom stereocenters. The second kappa shape index (κ2) is 5.54. The van der Waals surface area contributed by atoms with Crippen LogP contribution in [0.1, 0.15) is 40.5 Å². The van der Waals surface area contributed by atoms with Crippen molar-refractivity contribution in [2.75, 3.05) is 13.2 Å². The Morgan fingerprint density at radius 1 is 1.39 bits per heavy atom. The summed E-state index contributed by atoms with van der Waals surface area (Å²) in [5.41, 5.74) is -0.569. The molecule has 7 heteroatoms. The van der Waals surface area contributed by atoms with Gasteiger partial charge in [-0.3, -0.25) is 4.79 Å². The van der Waals surface area contributed by atoms with Gasteiger partial charge < -0.3 is 4.74 Å². The van der Waals surface area contributed by atoms with E-state index in [0.717, 1.165) is 12.8 Å². The molecule has 0 saturated heterocycles. The summed E-state index contributed by atoms with van der Waals surface area (Å²) in [7, 11) is -3.65. The van der Waals surface area contributed by atoms with Crippen LogP contribution in [0.5, 0.6) is 0 Å². The fourth-order valence-corrected chi connectivity index (χ4v) is 3.32. The molecule has 18 heavy (non-hydrogen) atoms. The van der Waals surface area contributed by atoms with Crippen molar-refractivity contribution in [1.82, 2.24) is 9.03 Å². The minimum absolute atomic E-state index is 0.0748. The molecule has 0 amide bonds. The van der Waals surface area contributed by atoms with Gasteiger partial charge in [-0.2, -0.15) is 17.4 Å². The number of nitrogens with one attached hydrogen (secondary N) is 1. The fraction of sp³-hybridized carbons (Fsp3) is 0.909. The van der Waals surface area contributed by atoms with Gasteiger partial charge in [0.2, 0.25) is 0 Å². The number of esters is 1. The SMILES string of the molecule is CCOC(=O)CN(C1CC1)S(=O)(=O)NC(C)(C)C. The van der Waals surface area contributed by atoms with Crippen molar-refractivity contribution in [3.8, 4) is 0 Å². The lowest BCUT2D eigenvalue weighted by molar-refractivity contribution is -0.143.